The number of carbonyl (C=O) groups is 6. The second-order valence-electron chi connectivity index (χ2n) is 16.9. The highest BCUT2D eigenvalue weighted by Gasteiger charge is 2.45. The van der Waals surface area contributed by atoms with E-state index in [0.717, 1.165) is 29.1 Å². The lowest BCUT2D eigenvalue weighted by atomic mass is 10.0. The minimum absolute atomic E-state index is 0.0185. The van der Waals surface area contributed by atoms with Gasteiger partial charge in [-0.15, -0.1) is 0 Å². The van der Waals surface area contributed by atoms with Gasteiger partial charge in [0.15, 0.2) is 5.65 Å². The van der Waals surface area contributed by atoms with Crippen LogP contribution in [0.15, 0.2) is 91.3 Å². The number of benzene rings is 3. The van der Waals surface area contributed by atoms with E-state index in [1.165, 1.54) is 12.4 Å². The maximum absolute atomic E-state index is 13.7. The van der Waals surface area contributed by atoms with E-state index in [1.807, 2.05) is 91.2 Å². The summed E-state index contributed by atoms with van der Waals surface area (Å²) >= 11 is 0. The maximum Gasteiger partial charge on any atom is 0.264 e. The maximum atomic E-state index is 13.7. The van der Waals surface area contributed by atoms with E-state index in [9.17, 15) is 28.8 Å². The van der Waals surface area contributed by atoms with Crippen molar-refractivity contribution in [3.63, 3.8) is 0 Å². The lowest BCUT2D eigenvalue weighted by Crippen LogP contribution is -2.54. The largest absolute Gasteiger partial charge is 0.457 e. The molecule has 2 unspecified atom stereocenters. The molecular formula is C47H51N11O7. The molecule has 0 radical (unpaired) electrons. The number of likely N-dealkylation sites (tertiary alicyclic amines) is 1. The van der Waals surface area contributed by atoms with Crippen LogP contribution in [0.3, 0.4) is 0 Å². The van der Waals surface area contributed by atoms with Crippen LogP contribution in [-0.4, -0.2) is 121 Å². The van der Waals surface area contributed by atoms with Gasteiger partial charge >= 0.3 is 0 Å². The third-order valence-corrected chi connectivity index (χ3v) is 12.2. The van der Waals surface area contributed by atoms with Gasteiger partial charge in [-0.2, -0.15) is 5.10 Å². The Morgan fingerprint density at radius 1 is 0.969 bits per heavy atom. The van der Waals surface area contributed by atoms with Crippen molar-refractivity contribution < 1.29 is 33.5 Å². The van der Waals surface area contributed by atoms with Gasteiger partial charge in [0, 0.05) is 55.5 Å². The SMILES string of the molecule is CN(CCCNC(=O)CNc1cccc2c1C(=O)N(C1CCC(=O)NC1=O)C2=O)C(C)(C)C=CC(=O)N1CCCC(n2nc(-c3ccc(Oc4ccccc4)cc3)c3c(N)ncnc32)C1. The highest BCUT2D eigenvalue weighted by Crippen LogP contribution is 2.36. The van der Waals surface area contributed by atoms with E-state index in [0.29, 0.717) is 66.6 Å². The van der Waals surface area contributed by atoms with Crippen LogP contribution in [0.1, 0.15) is 72.7 Å². The van der Waals surface area contributed by atoms with Crippen molar-refractivity contribution in [2.75, 3.05) is 50.8 Å². The Balaban J connectivity index is 0.821. The van der Waals surface area contributed by atoms with E-state index in [1.54, 1.807) is 18.2 Å². The number of aromatic nitrogens is 4. The molecule has 65 heavy (non-hydrogen) atoms. The molecule has 3 aliphatic rings. The van der Waals surface area contributed by atoms with Crippen LogP contribution in [0.4, 0.5) is 11.5 Å². The highest BCUT2D eigenvalue weighted by molar-refractivity contribution is 6.25. The number of nitrogens with two attached hydrogens (primary N) is 1. The topological polar surface area (TPSA) is 227 Å². The number of nitrogens with zero attached hydrogens (tertiary/aromatic N) is 7. The predicted octanol–water partition coefficient (Wildman–Crippen LogP) is 4.32. The average Bonchev–Trinajstić information content (AvgIpc) is 3.82. The lowest BCUT2D eigenvalue weighted by Gasteiger charge is -2.34. The molecule has 2 fully saturated rings. The van der Waals surface area contributed by atoms with Crippen molar-refractivity contribution in [2.45, 2.75) is 63.6 Å². The zero-order valence-corrected chi connectivity index (χ0v) is 36.5. The zero-order valence-electron chi connectivity index (χ0n) is 36.5. The third kappa shape index (κ3) is 9.43. The first-order chi connectivity index (χ1) is 31.3. The van der Waals surface area contributed by atoms with Crippen LogP contribution in [0.5, 0.6) is 11.5 Å². The van der Waals surface area contributed by atoms with Gasteiger partial charge in [-0.05, 0) is 95.1 Å². The minimum Gasteiger partial charge on any atom is -0.457 e. The summed E-state index contributed by atoms with van der Waals surface area (Å²) in [5.41, 5.74) is 8.53. The summed E-state index contributed by atoms with van der Waals surface area (Å²) in [6.45, 7) is 5.93. The summed E-state index contributed by atoms with van der Waals surface area (Å²) in [5, 5.41) is 13.7. The molecule has 0 bridgehead atoms. The van der Waals surface area contributed by atoms with Gasteiger partial charge in [0.1, 0.15) is 35.4 Å². The highest BCUT2D eigenvalue weighted by atomic mass is 16.5. The molecule has 2 atom stereocenters. The number of hydrogen-bond acceptors (Lipinski definition) is 13. The van der Waals surface area contributed by atoms with Crippen molar-refractivity contribution in [1.29, 1.82) is 0 Å². The molecule has 2 aromatic heterocycles. The first-order valence-corrected chi connectivity index (χ1v) is 21.7. The van der Waals surface area contributed by atoms with Crippen LogP contribution in [0.25, 0.3) is 22.3 Å². The Hall–Kier alpha value is -7.47. The fraction of sp³-hybridized carbons (Fsp3) is 0.340. The molecule has 5 heterocycles. The van der Waals surface area contributed by atoms with E-state index in [4.69, 9.17) is 15.6 Å². The van der Waals surface area contributed by atoms with Gasteiger partial charge in [-0.1, -0.05) is 30.3 Å². The Bertz CT molecular complexity index is 2680. The number of rotatable bonds is 15. The van der Waals surface area contributed by atoms with Gasteiger partial charge < -0.3 is 26.0 Å². The molecule has 0 spiro atoms. The van der Waals surface area contributed by atoms with Crippen LogP contribution >= 0.6 is 0 Å². The third-order valence-electron chi connectivity index (χ3n) is 12.2. The van der Waals surface area contributed by atoms with E-state index < -0.39 is 35.2 Å². The van der Waals surface area contributed by atoms with Crippen LogP contribution in [0.2, 0.25) is 0 Å². The second kappa shape index (κ2) is 18.7. The Labute approximate surface area is 375 Å². The van der Waals surface area contributed by atoms with Crippen LogP contribution in [0, 0.1) is 0 Å². The Morgan fingerprint density at radius 2 is 1.74 bits per heavy atom. The quantitative estimate of drug-likeness (QED) is 0.0654. The number of amides is 6. The molecule has 0 saturated carbocycles. The number of nitrogens with one attached hydrogen (secondary N) is 3. The summed E-state index contributed by atoms with van der Waals surface area (Å²) < 4.78 is 7.86. The lowest BCUT2D eigenvalue weighted by molar-refractivity contribution is -0.136. The fourth-order valence-corrected chi connectivity index (χ4v) is 8.35. The number of anilines is 2. The van der Waals surface area contributed by atoms with Crippen molar-refractivity contribution in [3.05, 3.63) is 102 Å². The molecule has 2 saturated heterocycles. The minimum atomic E-state index is -1.09. The summed E-state index contributed by atoms with van der Waals surface area (Å²) in [7, 11) is 1.96. The first-order valence-electron chi connectivity index (χ1n) is 21.7. The molecule has 18 nitrogen and oxygen atoms in total. The standard InChI is InChI=1S/C47H51N11O7/c1-47(2,55(3)24-9-23-49-37(60)26-50-34-14-7-13-33-39(34)46(64)57(45(33)63)35-19-20-36(59)53-44(35)62)22-21-38(61)56-25-8-10-30(27-56)58-43-40(42(48)51-28-52-43)41(54-58)29-15-17-32(18-16-29)65-31-11-5-4-6-12-31/h4-7,11-18,21-22,28,30,35,50H,8-10,19-20,23-27H2,1-3H3,(H,49,60)(H2,48,51,52)(H,53,59,62). The Kier molecular flexibility index (Phi) is 12.7. The molecule has 3 aliphatic heterocycles. The van der Waals surface area contributed by atoms with Gasteiger partial charge in [0.25, 0.3) is 11.8 Å². The number of likely N-dealkylation sites (N-methyl/N-ethyl adjacent to an activating group) is 1. The number of para-hydroxylation sites is 1. The molecule has 0 aliphatic carbocycles. The van der Waals surface area contributed by atoms with Gasteiger partial charge in [0.05, 0.1) is 29.1 Å². The molecular weight excluding hydrogens is 831 g/mol. The van der Waals surface area contributed by atoms with E-state index in [2.05, 4.69) is 30.8 Å². The molecule has 8 rings (SSSR count). The number of ether oxygens (including phenoxy) is 1. The molecule has 5 N–H and O–H groups in total. The zero-order chi connectivity index (χ0) is 45.8. The smallest absolute Gasteiger partial charge is 0.264 e. The van der Waals surface area contributed by atoms with Gasteiger partial charge in [-0.25, -0.2) is 14.6 Å². The number of fused-ring (bicyclic) bond motifs is 2. The molecule has 5 aromatic rings. The molecule has 18 heteroatoms. The van der Waals surface area contributed by atoms with Crippen molar-refractivity contribution in [2.24, 2.45) is 0 Å². The summed E-state index contributed by atoms with van der Waals surface area (Å²) in [5.74, 6) is -1.09. The van der Waals surface area contributed by atoms with Gasteiger partial charge in [0.2, 0.25) is 23.6 Å². The second-order valence-corrected chi connectivity index (χ2v) is 16.9. The average molecular weight is 882 g/mol. The van der Waals surface area contributed by atoms with Crippen molar-refractivity contribution >= 4 is 58.0 Å². The molecule has 3 aromatic carbocycles. The Morgan fingerprint density at radius 3 is 2.51 bits per heavy atom. The van der Waals surface area contributed by atoms with Crippen molar-refractivity contribution in [3.8, 4) is 22.8 Å². The summed E-state index contributed by atoms with van der Waals surface area (Å²) in [6.07, 6.45) is 7.23. The molecule has 6 amide bonds. The van der Waals surface area contributed by atoms with E-state index in [-0.39, 0.29) is 48.4 Å². The fourth-order valence-electron chi connectivity index (χ4n) is 8.35. The molecule has 336 valence electrons. The monoisotopic (exact) mass is 881 g/mol. The van der Waals surface area contributed by atoms with Gasteiger partial charge in [-0.3, -0.25) is 43.9 Å². The number of carbonyl (C=O) groups excluding carboxylic acids is 6. The van der Waals surface area contributed by atoms with E-state index >= 15 is 0 Å². The van der Waals surface area contributed by atoms with Crippen LogP contribution < -0.4 is 26.4 Å². The van der Waals surface area contributed by atoms with Crippen molar-refractivity contribution in [1.82, 2.24) is 45.1 Å². The number of hydrogen-bond donors (Lipinski definition) is 4. The summed E-state index contributed by atoms with van der Waals surface area (Å²) in [6, 6.07) is 20.6. The number of nitrogen functional groups attached to an aromatic ring is 1. The van der Waals surface area contributed by atoms with Crippen LogP contribution in [-0.2, 0) is 19.2 Å². The number of piperidine rings is 2. The normalized spacial score (nSPS) is 17.8. The number of imide groups is 2. The predicted molar refractivity (Wildman–Crippen MR) is 242 cm³/mol. The first kappa shape index (κ1) is 44.1. The summed E-state index contributed by atoms with van der Waals surface area (Å²) in [4.78, 5) is 90.8.